The molecule has 0 unspecified atom stereocenters. The lowest BCUT2D eigenvalue weighted by Gasteiger charge is -2.25. The zero-order chi connectivity index (χ0) is 30.0. The summed E-state index contributed by atoms with van der Waals surface area (Å²) in [7, 11) is 0. The normalized spacial score (nSPS) is 11.3. The summed E-state index contributed by atoms with van der Waals surface area (Å²) in [6.45, 7) is 0.864. The van der Waals surface area contributed by atoms with Crippen molar-refractivity contribution in [3.8, 4) is 0 Å². The first kappa shape index (κ1) is 32.9. The predicted molar refractivity (Wildman–Crippen MR) is 155 cm³/mol. The second kappa shape index (κ2) is 15.5. The number of nitrogens with two attached hydrogens (primary N) is 2. The zero-order valence-electron chi connectivity index (χ0n) is 20.9. The molecule has 0 saturated carbocycles. The molecule has 0 aromatic heterocycles. The van der Waals surface area contributed by atoms with Crippen molar-refractivity contribution >= 4 is 92.3 Å². The van der Waals surface area contributed by atoms with Crippen LogP contribution in [-0.2, 0) is 0 Å². The number of nitro benzene ring substituents is 1. The summed E-state index contributed by atoms with van der Waals surface area (Å²) in [6.07, 6.45) is 0. The number of rotatable bonds is 16. The lowest BCUT2D eigenvalue weighted by atomic mass is 10.1. The van der Waals surface area contributed by atoms with E-state index in [0.717, 1.165) is 18.2 Å². The van der Waals surface area contributed by atoms with Crippen LogP contribution in [0.1, 0.15) is 20.7 Å². The number of nitro groups is 1. The van der Waals surface area contributed by atoms with Crippen molar-refractivity contribution in [3.05, 3.63) is 50.7 Å². The minimum absolute atomic E-state index is 0.0154. The van der Waals surface area contributed by atoms with E-state index in [2.05, 4.69) is 5.11 Å². The predicted octanol–water partition coefficient (Wildman–Crippen LogP) is 4.09. The molecule has 0 heterocycles. The summed E-state index contributed by atoms with van der Waals surface area (Å²) in [5.74, 6) is -1.52. The van der Waals surface area contributed by atoms with Gasteiger partial charge in [-0.05, 0) is 23.1 Å². The Morgan fingerprint density at radius 3 is 1.73 bits per heavy atom. The third-order valence-electron chi connectivity index (χ3n) is 5.56. The topological polar surface area (TPSA) is 206 Å². The standard InChI is InChI=1S/C22H26Cl4N8O6/c23-1-5-31(6-2-24)18-9-13(21(27)35)15(11-16(18)30-37)29-33(38)17-12-20(34(39)40)19(10-14(17)22(28)36)32(7-3-25)8-4-26/h9-12,30,37H,1-8H2,(H2,27,35)(H2,28,36). The molecule has 0 saturated heterocycles. The molecule has 14 nitrogen and oxygen atoms in total. The van der Waals surface area contributed by atoms with Crippen LogP contribution < -0.4 is 26.7 Å². The number of amides is 2. The van der Waals surface area contributed by atoms with Gasteiger partial charge >= 0.3 is 0 Å². The van der Waals surface area contributed by atoms with Gasteiger partial charge in [-0.15, -0.1) is 46.4 Å². The number of alkyl halides is 4. The number of azo groups is 1. The Morgan fingerprint density at radius 1 is 0.825 bits per heavy atom. The van der Waals surface area contributed by atoms with Gasteiger partial charge in [-0.3, -0.25) is 30.4 Å². The quantitative estimate of drug-likeness (QED) is 0.0684. The van der Waals surface area contributed by atoms with E-state index in [1.165, 1.54) is 11.0 Å². The van der Waals surface area contributed by atoms with E-state index < -0.39 is 33.7 Å². The van der Waals surface area contributed by atoms with Crippen molar-refractivity contribution in [2.24, 2.45) is 16.6 Å². The maximum absolute atomic E-state index is 13.2. The van der Waals surface area contributed by atoms with Crippen LogP contribution >= 0.6 is 46.4 Å². The zero-order valence-corrected chi connectivity index (χ0v) is 23.9. The molecule has 2 aromatic carbocycles. The van der Waals surface area contributed by atoms with E-state index in [-0.39, 0.29) is 82.9 Å². The molecule has 0 bridgehead atoms. The summed E-state index contributed by atoms with van der Waals surface area (Å²) in [5, 5.41) is 38.7. The third-order valence-corrected chi connectivity index (χ3v) is 6.23. The van der Waals surface area contributed by atoms with Gasteiger partial charge in [0.2, 0.25) is 0 Å². The smallest absolute Gasteiger partial charge is 0.299 e. The van der Waals surface area contributed by atoms with Gasteiger partial charge in [0.05, 0.1) is 27.9 Å². The fourth-order valence-corrected chi connectivity index (χ4v) is 4.61. The lowest BCUT2D eigenvalue weighted by molar-refractivity contribution is -0.437. The Hall–Kier alpha value is -3.30. The number of nitrogens with zero attached hydrogens (tertiary/aromatic N) is 5. The molecule has 40 heavy (non-hydrogen) atoms. The van der Waals surface area contributed by atoms with E-state index in [0.29, 0.717) is 0 Å². The number of hydrogen-bond donors (Lipinski definition) is 4. The van der Waals surface area contributed by atoms with Crippen molar-refractivity contribution in [2.45, 2.75) is 0 Å². The fraction of sp³-hybridized carbons (Fsp3) is 0.364. The highest BCUT2D eigenvalue weighted by Gasteiger charge is 2.29. The van der Waals surface area contributed by atoms with Crippen molar-refractivity contribution in [2.75, 3.05) is 65.0 Å². The Kier molecular flexibility index (Phi) is 12.7. The van der Waals surface area contributed by atoms with Gasteiger partial charge in [0, 0.05) is 54.8 Å². The molecular formula is C22H26Cl4N8O6. The van der Waals surface area contributed by atoms with Crippen LogP contribution in [0.25, 0.3) is 0 Å². The average molecular weight is 640 g/mol. The molecule has 2 aromatic rings. The van der Waals surface area contributed by atoms with Crippen LogP contribution in [0.5, 0.6) is 0 Å². The summed E-state index contributed by atoms with van der Waals surface area (Å²) in [4.78, 5) is 38.8. The second-order valence-electron chi connectivity index (χ2n) is 7.94. The Bertz CT molecular complexity index is 1270. The lowest BCUT2D eigenvalue weighted by Crippen LogP contribution is -2.29. The van der Waals surface area contributed by atoms with Crippen molar-refractivity contribution in [1.29, 1.82) is 0 Å². The maximum atomic E-state index is 13.2. The van der Waals surface area contributed by atoms with E-state index in [1.807, 2.05) is 5.48 Å². The number of halogens is 4. The Labute approximate surface area is 248 Å². The molecule has 0 fully saturated rings. The van der Waals surface area contributed by atoms with E-state index in [9.17, 15) is 30.1 Å². The largest absolute Gasteiger partial charge is 0.594 e. The molecule has 0 aliphatic heterocycles. The second-order valence-corrected chi connectivity index (χ2v) is 9.46. The summed E-state index contributed by atoms with van der Waals surface area (Å²) < 4.78 is 0. The first-order valence-corrected chi connectivity index (χ1v) is 13.6. The molecule has 2 rings (SSSR count). The van der Waals surface area contributed by atoms with Gasteiger partial charge in [0.1, 0.15) is 16.9 Å². The Balaban J connectivity index is 2.81. The Morgan fingerprint density at radius 2 is 1.30 bits per heavy atom. The number of primary amides is 2. The van der Waals surface area contributed by atoms with Crippen LogP contribution in [0, 0.1) is 15.3 Å². The molecule has 0 aliphatic rings. The van der Waals surface area contributed by atoms with Gasteiger partial charge in [-0.1, -0.05) is 0 Å². The first-order valence-electron chi connectivity index (χ1n) is 11.5. The van der Waals surface area contributed by atoms with Crippen LogP contribution in [-0.4, -0.2) is 76.5 Å². The molecule has 2 amide bonds. The van der Waals surface area contributed by atoms with E-state index in [1.54, 1.807) is 4.90 Å². The molecule has 6 N–H and O–H groups in total. The molecule has 0 atom stereocenters. The summed E-state index contributed by atoms with van der Waals surface area (Å²) >= 11 is 23.4. The van der Waals surface area contributed by atoms with Crippen LogP contribution in [0.15, 0.2) is 29.4 Å². The monoisotopic (exact) mass is 638 g/mol. The summed E-state index contributed by atoms with van der Waals surface area (Å²) in [6, 6.07) is 4.31. The number of hydrogen-bond acceptors (Lipinski definition) is 10. The van der Waals surface area contributed by atoms with Gasteiger partial charge in [0.15, 0.2) is 0 Å². The van der Waals surface area contributed by atoms with Gasteiger partial charge in [0.25, 0.3) is 23.2 Å². The van der Waals surface area contributed by atoms with Crippen LogP contribution in [0.3, 0.4) is 0 Å². The van der Waals surface area contributed by atoms with Crippen molar-refractivity contribution in [1.82, 2.24) is 0 Å². The highest BCUT2D eigenvalue weighted by atomic mass is 35.5. The number of anilines is 3. The molecule has 0 spiro atoms. The minimum Gasteiger partial charge on any atom is -0.594 e. The van der Waals surface area contributed by atoms with Crippen LogP contribution in [0.4, 0.5) is 34.1 Å². The average Bonchev–Trinajstić information content (AvgIpc) is 2.91. The van der Waals surface area contributed by atoms with Crippen LogP contribution in [0.2, 0.25) is 0 Å². The minimum atomic E-state index is -1.08. The van der Waals surface area contributed by atoms with Gasteiger partial charge in [-0.25, -0.2) is 0 Å². The highest BCUT2D eigenvalue weighted by Crippen LogP contribution is 2.38. The molecule has 0 aliphatic carbocycles. The third kappa shape index (κ3) is 7.88. The number of nitrogens with one attached hydrogen (secondary N) is 1. The molecular weight excluding hydrogens is 614 g/mol. The first-order chi connectivity index (χ1) is 19.0. The molecule has 18 heteroatoms. The van der Waals surface area contributed by atoms with E-state index >= 15 is 0 Å². The molecule has 0 radical (unpaired) electrons. The number of carbonyl (C=O) groups excluding carboxylic acids is 2. The number of carbonyl (C=O) groups is 2. The maximum Gasteiger partial charge on any atom is 0.299 e. The van der Waals surface area contributed by atoms with Crippen molar-refractivity contribution in [3.63, 3.8) is 0 Å². The molecule has 218 valence electrons. The SMILES string of the molecule is NC(=O)c1cc(N(CCCl)CCCl)c(NO)cc1N=[N+]([O-])c1cc([N+](=O)[O-])c(N(CCCl)CCCl)cc1C(N)=O. The fourth-order valence-electron chi connectivity index (χ4n) is 3.79. The number of benzene rings is 2. The van der Waals surface area contributed by atoms with Crippen molar-refractivity contribution < 1.29 is 24.6 Å². The summed E-state index contributed by atoms with van der Waals surface area (Å²) in [5.41, 5.74) is 11.1. The van der Waals surface area contributed by atoms with E-state index in [4.69, 9.17) is 57.9 Å². The van der Waals surface area contributed by atoms with Gasteiger partial charge in [-0.2, -0.15) is 0 Å². The highest BCUT2D eigenvalue weighted by molar-refractivity contribution is 6.19. The van der Waals surface area contributed by atoms with Gasteiger partial charge < -0.3 is 26.5 Å².